The lowest BCUT2D eigenvalue weighted by molar-refractivity contribution is -0.124. The number of phenols is 2. The van der Waals surface area contributed by atoms with Crippen LogP contribution < -0.4 is 10.2 Å². The average molecular weight is 376 g/mol. The molecule has 0 fully saturated rings. The molecule has 2 aromatic rings. The lowest BCUT2D eigenvalue weighted by Crippen LogP contribution is -2.14. The number of hydrogen-bond acceptors (Lipinski definition) is 6. The van der Waals surface area contributed by atoms with Crippen molar-refractivity contribution in [2.75, 3.05) is 4.72 Å². The van der Waals surface area contributed by atoms with Gasteiger partial charge in [-0.1, -0.05) is 36.4 Å². The van der Waals surface area contributed by atoms with Gasteiger partial charge in [0.15, 0.2) is 11.5 Å². The molecule has 0 aliphatic rings. The second-order valence-electron chi connectivity index (χ2n) is 5.04. The van der Waals surface area contributed by atoms with Crippen LogP contribution in [0, 0.1) is 0 Å². The summed E-state index contributed by atoms with van der Waals surface area (Å²) >= 11 is 0. The zero-order valence-corrected chi connectivity index (χ0v) is 14.1. The molecular formula is C17H16N2O6S. The van der Waals surface area contributed by atoms with Crippen LogP contribution in [-0.4, -0.2) is 29.7 Å². The Morgan fingerprint density at radius 2 is 1.65 bits per heavy atom. The van der Waals surface area contributed by atoms with Gasteiger partial charge < -0.3 is 10.2 Å². The summed E-state index contributed by atoms with van der Waals surface area (Å²) in [6.45, 7) is 0. The number of anilines is 1. The van der Waals surface area contributed by atoms with Crippen LogP contribution in [0.4, 0.5) is 5.69 Å². The Balaban J connectivity index is 2.36. The molecule has 9 heteroatoms. The van der Waals surface area contributed by atoms with Crippen LogP contribution in [0.2, 0.25) is 0 Å². The predicted molar refractivity (Wildman–Crippen MR) is 95.1 cm³/mol. The topological polar surface area (TPSA) is 136 Å². The molecule has 0 spiro atoms. The van der Waals surface area contributed by atoms with Crippen molar-refractivity contribution in [3.63, 3.8) is 0 Å². The number of phenolic OH excluding ortho intramolecular Hbond substituents is 2. The number of rotatable bonds is 6. The molecule has 0 saturated heterocycles. The quantitative estimate of drug-likeness (QED) is 0.131. The van der Waals surface area contributed by atoms with Gasteiger partial charge in [0.2, 0.25) is 0 Å². The van der Waals surface area contributed by atoms with Crippen LogP contribution in [0.3, 0.4) is 0 Å². The second kappa shape index (κ2) is 8.19. The summed E-state index contributed by atoms with van der Waals surface area (Å²) in [5, 5.41) is 27.7. The smallest absolute Gasteiger partial charge is 0.267 e. The van der Waals surface area contributed by atoms with Gasteiger partial charge in [-0.25, -0.2) is 13.9 Å². The van der Waals surface area contributed by atoms with Gasteiger partial charge >= 0.3 is 0 Å². The molecule has 1 amide bonds. The fourth-order valence-corrected chi connectivity index (χ4v) is 3.06. The van der Waals surface area contributed by atoms with Crippen molar-refractivity contribution in [2.24, 2.45) is 0 Å². The predicted octanol–water partition coefficient (Wildman–Crippen LogP) is 1.97. The Labute approximate surface area is 149 Å². The number of aromatic hydroxyl groups is 2. The molecule has 26 heavy (non-hydrogen) atoms. The maximum absolute atomic E-state index is 12.4. The Kier molecular flexibility index (Phi) is 5.99. The van der Waals surface area contributed by atoms with Crippen molar-refractivity contribution in [3.05, 3.63) is 66.3 Å². The molecular weight excluding hydrogens is 360 g/mol. The van der Waals surface area contributed by atoms with E-state index in [0.717, 1.165) is 18.2 Å². The van der Waals surface area contributed by atoms with Crippen molar-refractivity contribution in [1.82, 2.24) is 5.48 Å². The van der Waals surface area contributed by atoms with Gasteiger partial charge in [0.1, 0.15) is 0 Å². The molecule has 0 aromatic heterocycles. The molecule has 5 N–H and O–H groups in total. The van der Waals surface area contributed by atoms with Crippen molar-refractivity contribution in [2.45, 2.75) is 4.90 Å². The Morgan fingerprint density at radius 3 is 2.31 bits per heavy atom. The number of carbonyl (C=O) groups is 1. The monoisotopic (exact) mass is 376 g/mol. The van der Waals surface area contributed by atoms with Gasteiger partial charge in [0.25, 0.3) is 15.9 Å². The molecule has 8 nitrogen and oxygen atoms in total. The first-order valence-corrected chi connectivity index (χ1v) is 8.74. The minimum Gasteiger partial charge on any atom is -0.504 e. The summed E-state index contributed by atoms with van der Waals surface area (Å²) in [4.78, 5) is 10.9. The number of nitrogens with one attached hydrogen (secondary N) is 2. The third kappa shape index (κ3) is 4.85. The highest BCUT2D eigenvalue weighted by atomic mass is 32.2. The number of sulfonamides is 1. The summed E-state index contributed by atoms with van der Waals surface area (Å²) < 4.78 is 27.2. The minimum atomic E-state index is -3.91. The van der Waals surface area contributed by atoms with Crippen LogP contribution in [0.5, 0.6) is 11.5 Å². The van der Waals surface area contributed by atoms with Crippen LogP contribution in [0.1, 0.15) is 5.56 Å². The molecule has 0 atom stereocenters. The van der Waals surface area contributed by atoms with Gasteiger partial charge in [-0.15, -0.1) is 0 Å². The maximum atomic E-state index is 12.4. The van der Waals surface area contributed by atoms with E-state index in [2.05, 4.69) is 4.72 Å². The van der Waals surface area contributed by atoms with Crippen LogP contribution in [0.15, 0.2) is 65.6 Å². The molecule has 2 rings (SSSR count). The summed E-state index contributed by atoms with van der Waals surface area (Å²) in [5.41, 5.74) is 1.69. The van der Waals surface area contributed by atoms with Crippen LogP contribution >= 0.6 is 0 Å². The number of hydrogen-bond donors (Lipinski definition) is 5. The Bertz CT molecular complexity index is 953. The Hall–Kier alpha value is -3.30. The fourth-order valence-electron chi connectivity index (χ4n) is 1.96. The molecule has 0 aliphatic heterocycles. The summed E-state index contributed by atoms with van der Waals surface area (Å²) in [5.74, 6) is -1.68. The summed E-state index contributed by atoms with van der Waals surface area (Å²) in [6, 6.07) is 9.87. The molecule has 2 aromatic carbocycles. The third-order valence-electron chi connectivity index (χ3n) is 3.19. The third-order valence-corrected chi connectivity index (χ3v) is 4.57. The van der Waals surface area contributed by atoms with Gasteiger partial charge in [0, 0.05) is 17.7 Å². The van der Waals surface area contributed by atoms with E-state index in [1.54, 1.807) is 18.2 Å². The van der Waals surface area contributed by atoms with Crippen molar-refractivity contribution in [1.29, 1.82) is 0 Å². The number of allylic oxidation sites excluding steroid dienone is 2. The summed E-state index contributed by atoms with van der Waals surface area (Å²) in [6.07, 6.45) is 5.13. The van der Waals surface area contributed by atoms with E-state index in [4.69, 9.17) is 5.21 Å². The zero-order chi connectivity index (χ0) is 19.2. The molecule has 0 saturated carbocycles. The largest absolute Gasteiger partial charge is 0.504 e. The number of benzene rings is 2. The minimum absolute atomic E-state index is 0.0282. The van der Waals surface area contributed by atoms with E-state index in [0.29, 0.717) is 0 Å². The molecule has 0 aliphatic carbocycles. The first-order chi connectivity index (χ1) is 12.3. The van der Waals surface area contributed by atoms with E-state index >= 15 is 0 Å². The van der Waals surface area contributed by atoms with Gasteiger partial charge in [0.05, 0.1) is 10.6 Å². The molecule has 0 bridgehead atoms. The van der Waals surface area contributed by atoms with E-state index in [9.17, 15) is 23.4 Å². The Morgan fingerprint density at radius 1 is 1.00 bits per heavy atom. The van der Waals surface area contributed by atoms with Crippen molar-refractivity contribution in [3.8, 4) is 11.5 Å². The normalized spacial score (nSPS) is 11.7. The highest BCUT2D eigenvalue weighted by molar-refractivity contribution is 7.92. The van der Waals surface area contributed by atoms with Crippen molar-refractivity contribution < 1.29 is 28.6 Å². The average Bonchev–Trinajstić information content (AvgIpc) is 2.62. The number of carbonyl (C=O) groups excluding carboxylic acids is 1. The highest BCUT2D eigenvalue weighted by Crippen LogP contribution is 2.33. The molecule has 0 heterocycles. The zero-order valence-electron chi connectivity index (χ0n) is 13.3. The molecule has 0 radical (unpaired) electrons. The van der Waals surface area contributed by atoms with E-state index in [-0.39, 0.29) is 16.1 Å². The van der Waals surface area contributed by atoms with Crippen LogP contribution in [0.25, 0.3) is 6.08 Å². The van der Waals surface area contributed by atoms with E-state index in [1.807, 2.05) is 0 Å². The molecule has 136 valence electrons. The maximum Gasteiger partial charge on any atom is 0.267 e. The van der Waals surface area contributed by atoms with Crippen LogP contribution in [-0.2, 0) is 14.8 Å². The second-order valence-corrected chi connectivity index (χ2v) is 6.72. The number of amides is 1. The van der Waals surface area contributed by atoms with E-state index < -0.39 is 27.4 Å². The summed E-state index contributed by atoms with van der Waals surface area (Å²) in [7, 11) is -3.91. The van der Waals surface area contributed by atoms with Gasteiger partial charge in [-0.05, 0) is 18.2 Å². The SMILES string of the molecule is O=C(/C=C/C=C/c1cc(O)c(O)cc1NS(=O)(=O)c1ccccc1)NO. The van der Waals surface area contributed by atoms with E-state index in [1.165, 1.54) is 35.8 Å². The van der Waals surface area contributed by atoms with Gasteiger partial charge in [-0.2, -0.15) is 0 Å². The molecule has 0 unspecified atom stereocenters. The van der Waals surface area contributed by atoms with Gasteiger partial charge in [-0.3, -0.25) is 14.7 Å². The first-order valence-electron chi connectivity index (χ1n) is 7.26. The number of hydroxylamine groups is 1. The van der Waals surface area contributed by atoms with Crippen molar-refractivity contribution >= 4 is 27.7 Å². The highest BCUT2D eigenvalue weighted by Gasteiger charge is 2.16. The first kappa shape index (κ1) is 19.0. The fraction of sp³-hybridized carbons (Fsp3) is 0. The lowest BCUT2D eigenvalue weighted by Gasteiger charge is -2.12. The lowest BCUT2D eigenvalue weighted by atomic mass is 10.1. The standard InChI is InChI=1S/C17H16N2O6S/c20-15-10-12(6-4-5-9-17(22)18-23)14(11-16(15)21)19-26(24,25)13-7-2-1-3-8-13/h1-11,19-21,23H,(H,18,22)/b6-4+,9-5+.